The Hall–Kier alpha value is -2.51. The Morgan fingerprint density at radius 3 is 2.89 bits per heavy atom. The van der Waals surface area contributed by atoms with E-state index in [4.69, 9.17) is 11.6 Å². The van der Waals surface area contributed by atoms with E-state index in [0.717, 1.165) is 41.6 Å². The maximum atomic E-state index is 12.8. The van der Waals surface area contributed by atoms with Crippen molar-refractivity contribution in [3.63, 3.8) is 0 Å². The molecule has 1 aromatic carbocycles. The molecule has 0 radical (unpaired) electrons. The van der Waals surface area contributed by atoms with Gasteiger partial charge in [-0.25, -0.2) is 10.4 Å². The Bertz CT molecular complexity index is 1090. The van der Waals surface area contributed by atoms with Crippen LogP contribution in [0, 0.1) is 0 Å². The zero-order chi connectivity index (χ0) is 18.8. The van der Waals surface area contributed by atoms with E-state index in [1.807, 2.05) is 0 Å². The van der Waals surface area contributed by atoms with E-state index in [0.29, 0.717) is 10.4 Å². The smallest absolute Gasteiger partial charge is 0.262 e. The number of aromatic nitrogens is 2. The highest BCUT2D eigenvalue weighted by molar-refractivity contribution is 7.18. The zero-order valence-corrected chi connectivity index (χ0v) is 16.0. The number of carbonyl (C=O) groups is 1. The van der Waals surface area contributed by atoms with E-state index < -0.39 is 0 Å². The first kappa shape index (κ1) is 17.9. The highest BCUT2D eigenvalue weighted by Gasteiger charge is 2.20. The number of halogens is 1. The van der Waals surface area contributed by atoms with Crippen molar-refractivity contribution in [2.24, 2.45) is 5.10 Å². The molecule has 0 bridgehead atoms. The lowest BCUT2D eigenvalue weighted by Gasteiger charge is -2.10. The van der Waals surface area contributed by atoms with E-state index in [9.17, 15) is 9.59 Å². The lowest BCUT2D eigenvalue weighted by Crippen LogP contribution is -2.30. The number of hydrazone groups is 1. The number of benzene rings is 1. The molecule has 2 aromatic heterocycles. The number of nitrogens with one attached hydrogen (secondary N) is 1. The predicted octanol–water partition coefficient (Wildman–Crippen LogP) is 3.14. The fourth-order valence-corrected chi connectivity index (χ4v) is 4.56. The summed E-state index contributed by atoms with van der Waals surface area (Å²) in [6, 6.07) is 7.07. The number of aryl methyl sites for hydroxylation is 2. The van der Waals surface area contributed by atoms with Gasteiger partial charge < -0.3 is 0 Å². The van der Waals surface area contributed by atoms with Crippen LogP contribution in [0.5, 0.6) is 0 Å². The average Bonchev–Trinajstić information content (AvgIpc) is 3.05. The van der Waals surface area contributed by atoms with Crippen molar-refractivity contribution in [3.05, 3.63) is 62.0 Å². The van der Waals surface area contributed by atoms with E-state index in [-0.39, 0.29) is 18.0 Å². The number of thiophene rings is 1. The molecule has 4 rings (SSSR count). The standard InChI is InChI=1S/C19H17ClN4O2S/c20-13-7-5-12(6-8-13)9-22-23-16(25)10-24-11-21-18-17(19(24)26)14-3-1-2-4-15(14)27-18/h5-9,11H,1-4,10H2,(H,23,25)/b22-9+. The molecule has 1 aliphatic carbocycles. The molecule has 0 unspecified atom stereocenters. The Labute approximate surface area is 164 Å². The minimum absolute atomic E-state index is 0.121. The zero-order valence-electron chi connectivity index (χ0n) is 14.4. The van der Waals surface area contributed by atoms with Gasteiger partial charge in [0.25, 0.3) is 11.5 Å². The average molecular weight is 401 g/mol. The second-order valence-corrected chi connectivity index (χ2v) is 7.93. The summed E-state index contributed by atoms with van der Waals surface area (Å²) in [5.74, 6) is -0.382. The summed E-state index contributed by atoms with van der Waals surface area (Å²) in [5, 5.41) is 5.23. The third-order valence-electron chi connectivity index (χ3n) is 4.53. The first-order valence-corrected chi connectivity index (χ1v) is 9.88. The van der Waals surface area contributed by atoms with Crippen molar-refractivity contribution in [3.8, 4) is 0 Å². The van der Waals surface area contributed by atoms with Gasteiger partial charge in [-0.2, -0.15) is 5.10 Å². The number of rotatable bonds is 4. The highest BCUT2D eigenvalue weighted by atomic mass is 35.5. The highest BCUT2D eigenvalue weighted by Crippen LogP contribution is 2.33. The molecule has 27 heavy (non-hydrogen) atoms. The van der Waals surface area contributed by atoms with Crippen molar-refractivity contribution < 1.29 is 4.79 Å². The molecule has 6 nitrogen and oxygen atoms in total. The lowest BCUT2D eigenvalue weighted by molar-refractivity contribution is -0.121. The molecule has 0 fully saturated rings. The molecule has 138 valence electrons. The molecular weight excluding hydrogens is 384 g/mol. The first-order chi connectivity index (χ1) is 13.1. The monoisotopic (exact) mass is 400 g/mol. The molecule has 0 aliphatic heterocycles. The second-order valence-electron chi connectivity index (χ2n) is 6.41. The van der Waals surface area contributed by atoms with Crippen LogP contribution >= 0.6 is 22.9 Å². The minimum Gasteiger partial charge on any atom is -0.289 e. The number of hydrogen-bond donors (Lipinski definition) is 1. The van der Waals surface area contributed by atoms with E-state index >= 15 is 0 Å². The van der Waals surface area contributed by atoms with Crippen LogP contribution in [-0.2, 0) is 24.2 Å². The van der Waals surface area contributed by atoms with E-state index in [2.05, 4.69) is 15.5 Å². The molecule has 1 amide bonds. The Morgan fingerprint density at radius 1 is 1.30 bits per heavy atom. The van der Waals surface area contributed by atoms with Crippen LogP contribution in [0.1, 0.15) is 28.8 Å². The van der Waals surface area contributed by atoms with Crippen molar-refractivity contribution >= 4 is 45.3 Å². The summed E-state index contributed by atoms with van der Waals surface area (Å²) in [7, 11) is 0. The predicted molar refractivity (Wildman–Crippen MR) is 108 cm³/mol. The van der Waals surface area contributed by atoms with E-state index in [1.54, 1.807) is 35.6 Å². The third kappa shape index (κ3) is 3.79. The molecule has 0 saturated heterocycles. The van der Waals surface area contributed by atoms with Crippen molar-refractivity contribution in [2.45, 2.75) is 32.2 Å². The maximum Gasteiger partial charge on any atom is 0.262 e. The fourth-order valence-electron chi connectivity index (χ4n) is 3.21. The molecule has 3 aromatic rings. The number of carbonyl (C=O) groups excluding carboxylic acids is 1. The van der Waals surface area contributed by atoms with Crippen LogP contribution in [0.2, 0.25) is 5.02 Å². The number of hydrogen-bond acceptors (Lipinski definition) is 5. The maximum absolute atomic E-state index is 12.8. The van der Waals surface area contributed by atoms with Crippen LogP contribution in [0.3, 0.4) is 0 Å². The molecule has 8 heteroatoms. The van der Waals surface area contributed by atoms with Crippen LogP contribution in [0.15, 0.2) is 40.5 Å². The summed E-state index contributed by atoms with van der Waals surface area (Å²) in [6.07, 6.45) is 7.13. The molecule has 1 N–H and O–H groups in total. The summed E-state index contributed by atoms with van der Waals surface area (Å²) in [4.78, 5) is 31.4. The first-order valence-electron chi connectivity index (χ1n) is 8.69. The minimum atomic E-state index is -0.382. The summed E-state index contributed by atoms with van der Waals surface area (Å²) >= 11 is 7.42. The van der Waals surface area contributed by atoms with Gasteiger partial charge >= 0.3 is 0 Å². The fraction of sp³-hybridized carbons (Fsp3) is 0.263. The summed E-state index contributed by atoms with van der Waals surface area (Å²) < 4.78 is 1.34. The normalized spacial score (nSPS) is 13.8. The van der Waals surface area contributed by atoms with Crippen LogP contribution < -0.4 is 11.0 Å². The molecular formula is C19H17ClN4O2S. The van der Waals surface area contributed by atoms with Crippen LogP contribution in [0.4, 0.5) is 0 Å². The number of nitrogens with zero attached hydrogens (tertiary/aromatic N) is 3. The van der Waals surface area contributed by atoms with Gasteiger partial charge in [-0.15, -0.1) is 11.3 Å². The Balaban J connectivity index is 1.49. The van der Waals surface area contributed by atoms with Gasteiger partial charge in [0.2, 0.25) is 0 Å². The van der Waals surface area contributed by atoms with Crippen LogP contribution in [0.25, 0.3) is 10.2 Å². The summed E-state index contributed by atoms with van der Waals surface area (Å²) in [5.41, 5.74) is 4.21. The topological polar surface area (TPSA) is 76.3 Å². The van der Waals surface area contributed by atoms with Crippen LogP contribution in [-0.4, -0.2) is 21.7 Å². The number of amides is 1. The summed E-state index contributed by atoms with van der Waals surface area (Å²) in [6.45, 7) is -0.121. The molecule has 1 aliphatic rings. The van der Waals surface area contributed by atoms with Crippen molar-refractivity contribution in [2.75, 3.05) is 0 Å². The molecule has 2 heterocycles. The molecule has 0 spiro atoms. The van der Waals surface area contributed by atoms with E-state index in [1.165, 1.54) is 22.0 Å². The van der Waals surface area contributed by atoms with Gasteiger partial charge in [0.15, 0.2) is 0 Å². The molecule has 0 saturated carbocycles. The molecule has 0 atom stereocenters. The number of fused-ring (bicyclic) bond motifs is 3. The van der Waals surface area contributed by atoms with Gasteiger partial charge in [-0.05, 0) is 48.9 Å². The third-order valence-corrected chi connectivity index (χ3v) is 5.98. The van der Waals surface area contributed by atoms with Gasteiger partial charge in [0, 0.05) is 9.90 Å². The van der Waals surface area contributed by atoms with Crippen molar-refractivity contribution in [1.82, 2.24) is 15.0 Å². The lowest BCUT2D eigenvalue weighted by atomic mass is 9.97. The Kier molecular flexibility index (Phi) is 5.05. The quantitative estimate of drug-likeness (QED) is 0.540. The SMILES string of the molecule is O=C(Cn1cnc2sc3c(c2c1=O)CCCC3)N/N=C/c1ccc(Cl)cc1. The second kappa shape index (κ2) is 7.62. The van der Waals surface area contributed by atoms with Gasteiger partial charge in [0.05, 0.1) is 17.9 Å². The van der Waals surface area contributed by atoms with Crippen molar-refractivity contribution in [1.29, 1.82) is 0 Å². The van der Waals surface area contributed by atoms with Gasteiger partial charge in [-0.1, -0.05) is 23.7 Å². The largest absolute Gasteiger partial charge is 0.289 e. The van der Waals surface area contributed by atoms with Gasteiger partial charge in [-0.3, -0.25) is 14.2 Å². The van der Waals surface area contributed by atoms with Gasteiger partial charge in [0.1, 0.15) is 11.4 Å². The Morgan fingerprint density at radius 2 is 2.07 bits per heavy atom.